The minimum Gasteiger partial charge on any atom is -1.00 e. The number of rotatable bonds is 14. The van der Waals surface area contributed by atoms with Crippen molar-refractivity contribution in [2.45, 2.75) is 32.6 Å². The van der Waals surface area contributed by atoms with Gasteiger partial charge >= 0.3 is 29.6 Å². The van der Waals surface area contributed by atoms with Gasteiger partial charge in [0.1, 0.15) is 0 Å². The normalized spacial score (nSPS) is 11.3. The van der Waals surface area contributed by atoms with Crippen LogP contribution in [0.1, 0.15) is 34.0 Å². The van der Waals surface area contributed by atoms with Crippen molar-refractivity contribution in [3.05, 3.63) is 0 Å². The Bertz CT molecular complexity index is 289. The monoisotopic (exact) mass is 322 g/mol. The van der Waals surface area contributed by atoms with Gasteiger partial charge in [0.05, 0.1) is 32.2 Å². The molecule has 0 aromatic carbocycles. The third kappa shape index (κ3) is 21.1. The molecule has 0 aliphatic heterocycles. The predicted octanol–water partition coefficient (Wildman–Crippen LogP) is -1.38. The van der Waals surface area contributed by atoms with Gasteiger partial charge in [0.2, 0.25) is 0 Å². The molecular formula is C12H27NaO6S. The van der Waals surface area contributed by atoms with Crippen molar-refractivity contribution < 1.29 is 58.2 Å². The van der Waals surface area contributed by atoms with Crippen LogP contribution in [0.15, 0.2) is 0 Å². The Hall–Kier alpha value is 0.790. The summed E-state index contributed by atoms with van der Waals surface area (Å²) in [4.78, 5) is 0. The van der Waals surface area contributed by atoms with E-state index in [2.05, 4.69) is 6.92 Å². The van der Waals surface area contributed by atoms with Gasteiger partial charge in [0, 0.05) is 13.2 Å². The van der Waals surface area contributed by atoms with E-state index in [1.165, 1.54) is 0 Å². The Morgan fingerprint density at radius 3 is 1.75 bits per heavy atom. The maximum Gasteiger partial charge on any atom is 1.00 e. The zero-order valence-electron chi connectivity index (χ0n) is 13.7. The average Bonchev–Trinajstić information content (AvgIpc) is 2.34. The molecule has 0 aromatic heterocycles. The predicted molar refractivity (Wildman–Crippen MR) is 74.1 cm³/mol. The second-order valence-electron chi connectivity index (χ2n) is 4.18. The minimum atomic E-state index is -3.83. The molecule has 0 aromatic rings. The van der Waals surface area contributed by atoms with Gasteiger partial charge in [0.15, 0.2) is 0 Å². The van der Waals surface area contributed by atoms with E-state index in [4.69, 9.17) is 18.8 Å². The molecule has 0 rings (SSSR count). The van der Waals surface area contributed by atoms with Crippen LogP contribution in [0.2, 0.25) is 0 Å². The second kappa shape index (κ2) is 16.2. The van der Waals surface area contributed by atoms with Crippen LogP contribution in [0.4, 0.5) is 0 Å². The van der Waals surface area contributed by atoms with E-state index in [1.807, 2.05) is 0 Å². The van der Waals surface area contributed by atoms with Gasteiger partial charge in [-0.3, -0.25) is 4.55 Å². The largest absolute Gasteiger partial charge is 1.00 e. The van der Waals surface area contributed by atoms with Gasteiger partial charge in [-0.2, -0.15) is 8.42 Å². The van der Waals surface area contributed by atoms with Crippen LogP contribution in [0, 0.1) is 0 Å². The summed E-state index contributed by atoms with van der Waals surface area (Å²) in [6.07, 6.45) is 3.23. The van der Waals surface area contributed by atoms with E-state index in [1.54, 1.807) is 0 Å². The topological polar surface area (TPSA) is 82.1 Å². The molecule has 0 radical (unpaired) electrons. The second-order valence-corrected chi connectivity index (χ2v) is 5.76. The van der Waals surface area contributed by atoms with Crippen LogP contribution in [0.5, 0.6) is 0 Å². The molecule has 0 unspecified atom stereocenters. The number of ether oxygens (including phenoxy) is 3. The first-order valence-corrected chi connectivity index (χ1v) is 8.35. The molecule has 0 aliphatic rings. The molecule has 118 valence electrons. The maximum absolute atomic E-state index is 10.4. The molecule has 0 atom stereocenters. The van der Waals surface area contributed by atoms with Gasteiger partial charge in [-0.05, 0) is 19.3 Å². The summed E-state index contributed by atoms with van der Waals surface area (Å²) in [5, 5.41) is 0. The summed E-state index contributed by atoms with van der Waals surface area (Å²) in [5.74, 6) is -0.206. The van der Waals surface area contributed by atoms with Crippen molar-refractivity contribution in [2.24, 2.45) is 0 Å². The van der Waals surface area contributed by atoms with Crippen molar-refractivity contribution in [2.75, 3.05) is 45.4 Å². The summed E-state index contributed by atoms with van der Waals surface area (Å²) in [5.41, 5.74) is 0. The van der Waals surface area contributed by atoms with Gasteiger partial charge < -0.3 is 15.6 Å². The summed E-state index contributed by atoms with van der Waals surface area (Å²) in [6, 6.07) is 0. The average molecular weight is 322 g/mol. The molecule has 6 nitrogen and oxygen atoms in total. The smallest absolute Gasteiger partial charge is 1.00 e. The van der Waals surface area contributed by atoms with Crippen LogP contribution >= 0.6 is 0 Å². The standard InChI is InChI=1S/C12H26O6S.Na.H/c1-2-3-6-16-8-10-18-11-9-17-7-4-5-12-19(13,14)15;;/h2-12H2,1H3,(H,13,14,15);;/q;+1;-1. The van der Waals surface area contributed by atoms with Crippen LogP contribution in [0.3, 0.4) is 0 Å². The summed E-state index contributed by atoms with van der Waals surface area (Å²) in [7, 11) is -3.83. The molecule has 0 aliphatic carbocycles. The SMILES string of the molecule is CCCCOCCOCCOCCCCS(=O)(=O)O.[H-].[Na+]. The van der Waals surface area contributed by atoms with E-state index in [-0.39, 0.29) is 36.7 Å². The third-order valence-corrected chi connectivity index (χ3v) is 3.13. The minimum absolute atomic E-state index is 0. The van der Waals surface area contributed by atoms with Crippen molar-refractivity contribution in [3.63, 3.8) is 0 Å². The molecule has 0 spiro atoms. The van der Waals surface area contributed by atoms with Gasteiger partial charge in [-0.15, -0.1) is 0 Å². The quantitative estimate of drug-likeness (QED) is 0.241. The van der Waals surface area contributed by atoms with Crippen molar-refractivity contribution >= 4 is 10.1 Å². The van der Waals surface area contributed by atoms with Crippen molar-refractivity contribution in [1.82, 2.24) is 0 Å². The zero-order valence-corrected chi connectivity index (χ0v) is 15.5. The van der Waals surface area contributed by atoms with E-state index >= 15 is 0 Å². The number of unbranched alkanes of at least 4 members (excludes halogenated alkanes) is 2. The fraction of sp³-hybridized carbons (Fsp3) is 1.00. The van der Waals surface area contributed by atoms with Gasteiger partial charge in [-0.1, -0.05) is 13.3 Å². The van der Waals surface area contributed by atoms with E-state index in [9.17, 15) is 8.42 Å². The molecule has 0 bridgehead atoms. The van der Waals surface area contributed by atoms with Crippen LogP contribution in [0.25, 0.3) is 0 Å². The van der Waals surface area contributed by atoms with Crippen LogP contribution < -0.4 is 29.6 Å². The fourth-order valence-electron chi connectivity index (χ4n) is 1.28. The Balaban J connectivity index is -0.00000162. The Morgan fingerprint density at radius 1 is 0.850 bits per heavy atom. The van der Waals surface area contributed by atoms with Crippen molar-refractivity contribution in [3.8, 4) is 0 Å². The van der Waals surface area contributed by atoms with Crippen LogP contribution in [-0.2, 0) is 24.3 Å². The van der Waals surface area contributed by atoms with Gasteiger partial charge in [0.25, 0.3) is 10.1 Å². The Morgan fingerprint density at radius 2 is 1.30 bits per heavy atom. The molecule has 0 saturated heterocycles. The maximum atomic E-state index is 10.4. The first-order valence-electron chi connectivity index (χ1n) is 6.74. The Kier molecular flexibility index (Phi) is 18.6. The number of hydrogen-bond acceptors (Lipinski definition) is 5. The fourth-order valence-corrected chi connectivity index (χ4v) is 1.85. The van der Waals surface area contributed by atoms with Gasteiger partial charge in [-0.25, -0.2) is 0 Å². The summed E-state index contributed by atoms with van der Waals surface area (Å²) in [6.45, 7) is 5.55. The molecule has 0 heterocycles. The van der Waals surface area contributed by atoms with Crippen LogP contribution in [-0.4, -0.2) is 58.4 Å². The Labute approximate surface area is 146 Å². The number of hydrogen-bond donors (Lipinski definition) is 1. The zero-order chi connectivity index (χ0) is 14.4. The van der Waals surface area contributed by atoms with E-state index < -0.39 is 10.1 Å². The third-order valence-electron chi connectivity index (χ3n) is 2.33. The molecular weight excluding hydrogens is 295 g/mol. The molecule has 0 fully saturated rings. The van der Waals surface area contributed by atoms with E-state index in [0.29, 0.717) is 45.9 Å². The first kappa shape index (κ1) is 23.1. The summed E-state index contributed by atoms with van der Waals surface area (Å²) < 4.78 is 45.2. The molecule has 0 amide bonds. The molecule has 8 heteroatoms. The molecule has 20 heavy (non-hydrogen) atoms. The summed E-state index contributed by atoms with van der Waals surface area (Å²) >= 11 is 0. The van der Waals surface area contributed by atoms with E-state index in [0.717, 1.165) is 19.4 Å². The molecule has 0 saturated carbocycles. The molecule has 1 N–H and O–H groups in total. The first-order chi connectivity index (χ1) is 9.06. The van der Waals surface area contributed by atoms with Crippen molar-refractivity contribution in [1.29, 1.82) is 0 Å².